The zero-order valence-corrected chi connectivity index (χ0v) is 20.9. The summed E-state index contributed by atoms with van der Waals surface area (Å²) in [5, 5.41) is 21.2. The van der Waals surface area contributed by atoms with Crippen LogP contribution in [-0.2, 0) is 34.6 Å². The summed E-state index contributed by atoms with van der Waals surface area (Å²) in [6, 6.07) is 14.4. The largest absolute Gasteiger partial charge is 0.467 e. The quantitative estimate of drug-likeness (QED) is 0.526. The van der Waals surface area contributed by atoms with E-state index in [4.69, 9.17) is 9.97 Å². The van der Waals surface area contributed by atoms with E-state index in [1.807, 2.05) is 0 Å². The maximum absolute atomic E-state index is 11.7. The number of aryl methyl sites for hydroxylation is 1. The van der Waals surface area contributed by atoms with Crippen molar-refractivity contribution in [2.24, 2.45) is 0 Å². The van der Waals surface area contributed by atoms with Crippen LogP contribution in [0, 0.1) is 18.3 Å². The van der Waals surface area contributed by atoms with Gasteiger partial charge in [0.1, 0.15) is 5.82 Å². The molecule has 0 spiro atoms. The molecule has 2 aromatic carbocycles. The number of nitrogens with zero attached hydrogens (tertiary/aromatic N) is 6. The fourth-order valence-electron chi connectivity index (χ4n) is 5.39. The van der Waals surface area contributed by atoms with E-state index < -0.39 is 12.1 Å². The number of rotatable bonds is 5. The molecule has 0 radical (unpaired) electrons. The number of fused-ring (bicyclic) bond motifs is 2. The average Bonchev–Trinajstić information content (AvgIpc) is 2.88. The SMILES string of the molecule is Cc1cccc2cccc(N3CCc4c(nc(C[S+]=O)nc4N4CCN(C(=O)O)[C@@H](CC#N)C4)C3)c12. The highest BCUT2D eigenvalue weighted by atomic mass is 32.1. The average molecular weight is 504 g/mol. The molecule has 10 heteroatoms. The molecular weight excluding hydrogens is 476 g/mol. The molecule has 3 aromatic rings. The molecule has 1 saturated heterocycles. The molecule has 184 valence electrons. The number of aromatic nitrogens is 2. The van der Waals surface area contributed by atoms with E-state index in [1.165, 1.54) is 26.9 Å². The van der Waals surface area contributed by atoms with Crippen molar-refractivity contribution in [2.75, 3.05) is 36.0 Å². The van der Waals surface area contributed by atoms with Gasteiger partial charge in [0.2, 0.25) is 0 Å². The molecule has 0 unspecified atom stereocenters. The molecule has 0 bridgehead atoms. The molecule has 9 nitrogen and oxygen atoms in total. The van der Waals surface area contributed by atoms with Crippen LogP contribution in [0.1, 0.15) is 29.1 Å². The van der Waals surface area contributed by atoms with E-state index in [0.29, 0.717) is 43.7 Å². The van der Waals surface area contributed by atoms with Crippen molar-refractivity contribution in [1.82, 2.24) is 14.9 Å². The summed E-state index contributed by atoms with van der Waals surface area (Å²) in [5.74, 6) is 1.41. The Morgan fingerprint density at radius 2 is 1.97 bits per heavy atom. The molecule has 3 heterocycles. The van der Waals surface area contributed by atoms with Gasteiger partial charge >= 0.3 is 17.8 Å². The van der Waals surface area contributed by atoms with Crippen molar-refractivity contribution in [3.8, 4) is 6.07 Å². The number of carboxylic acid groups (broad SMARTS) is 1. The second-order valence-electron chi connectivity index (χ2n) is 9.21. The fourth-order valence-corrected chi connectivity index (χ4v) is 5.63. The highest BCUT2D eigenvalue weighted by Crippen LogP contribution is 2.35. The molecule has 0 saturated carbocycles. The highest BCUT2D eigenvalue weighted by molar-refractivity contribution is 7.64. The van der Waals surface area contributed by atoms with E-state index >= 15 is 0 Å². The Morgan fingerprint density at radius 1 is 1.17 bits per heavy atom. The highest BCUT2D eigenvalue weighted by Gasteiger charge is 2.34. The summed E-state index contributed by atoms with van der Waals surface area (Å²) in [6.45, 7) is 4.69. The van der Waals surface area contributed by atoms with Crippen molar-refractivity contribution >= 4 is 40.0 Å². The molecular formula is C26H27N6O3S+. The monoisotopic (exact) mass is 503 g/mol. The lowest BCUT2D eigenvalue weighted by Crippen LogP contribution is -2.55. The molecule has 1 atom stereocenters. The van der Waals surface area contributed by atoms with E-state index in [1.54, 1.807) is 0 Å². The number of hydrogen-bond acceptors (Lipinski definition) is 7. The van der Waals surface area contributed by atoms with Crippen LogP contribution in [0.3, 0.4) is 0 Å². The topological polar surface area (TPSA) is 114 Å². The van der Waals surface area contributed by atoms with Gasteiger partial charge < -0.3 is 19.8 Å². The van der Waals surface area contributed by atoms with Gasteiger partial charge in [-0.2, -0.15) is 5.26 Å². The standard InChI is InChI=1S/C26H26N6O3S/c1-17-4-2-5-18-6-3-7-22(24(17)18)30-11-9-20-21(15-30)28-23(16-36-35)29-25(20)31-12-13-32(26(33)34)19(14-31)8-10-27/h2-7,19H,8-9,11-16H2,1H3/p+1/t19-/m0/s1. The maximum atomic E-state index is 11.7. The van der Waals surface area contributed by atoms with Gasteiger partial charge in [-0.1, -0.05) is 30.3 Å². The summed E-state index contributed by atoms with van der Waals surface area (Å²) in [5.41, 5.74) is 4.33. The third kappa shape index (κ3) is 4.42. The summed E-state index contributed by atoms with van der Waals surface area (Å²) in [4.78, 5) is 26.9. The van der Waals surface area contributed by atoms with E-state index in [2.05, 4.69) is 59.2 Å². The minimum absolute atomic E-state index is 0.119. The van der Waals surface area contributed by atoms with Gasteiger partial charge in [0.05, 0.1) is 30.8 Å². The zero-order chi connectivity index (χ0) is 25.2. The third-order valence-electron chi connectivity index (χ3n) is 7.06. The molecule has 36 heavy (non-hydrogen) atoms. The Morgan fingerprint density at radius 3 is 2.72 bits per heavy atom. The van der Waals surface area contributed by atoms with Crippen molar-refractivity contribution < 1.29 is 14.1 Å². The Hall–Kier alpha value is -3.84. The first kappa shape index (κ1) is 23.9. The molecule has 1 fully saturated rings. The van der Waals surface area contributed by atoms with Crippen molar-refractivity contribution in [3.63, 3.8) is 0 Å². The van der Waals surface area contributed by atoms with Gasteiger partial charge in [-0.25, -0.2) is 14.8 Å². The van der Waals surface area contributed by atoms with Crippen molar-refractivity contribution in [1.29, 1.82) is 5.26 Å². The number of anilines is 2. The predicted octanol–water partition coefficient (Wildman–Crippen LogP) is 3.51. The van der Waals surface area contributed by atoms with Crippen LogP contribution in [0.5, 0.6) is 0 Å². The third-order valence-corrected chi connectivity index (χ3v) is 7.44. The number of nitriles is 1. The van der Waals surface area contributed by atoms with E-state index in [9.17, 15) is 19.4 Å². The second-order valence-corrected chi connectivity index (χ2v) is 9.74. The molecule has 2 aliphatic heterocycles. The van der Waals surface area contributed by atoms with Gasteiger partial charge in [0.15, 0.2) is 5.82 Å². The van der Waals surface area contributed by atoms with Crippen LogP contribution in [-0.4, -0.2) is 58.3 Å². The minimum Gasteiger partial charge on any atom is -0.465 e. The van der Waals surface area contributed by atoms with Crippen LogP contribution in [0.4, 0.5) is 16.3 Å². The van der Waals surface area contributed by atoms with Gasteiger partial charge in [-0.3, -0.25) is 0 Å². The van der Waals surface area contributed by atoms with Crippen LogP contribution >= 0.6 is 0 Å². The number of hydrogen-bond donors (Lipinski definition) is 1. The van der Waals surface area contributed by atoms with Crippen molar-refractivity contribution in [3.05, 3.63) is 59.0 Å². The van der Waals surface area contributed by atoms with Crippen LogP contribution in [0.25, 0.3) is 10.8 Å². The second kappa shape index (κ2) is 10.0. The van der Waals surface area contributed by atoms with Gasteiger partial charge in [-0.15, -0.1) is 0 Å². The molecule has 1 aromatic heterocycles. The lowest BCUT2D eigenvalue weighted by molar-refractivity contribution is 0.119. The number of carbonyl (C=O) groups is 1. The zero-order valence-electron chi connectivity index (χ0n) is 20.1. The van der Waals surface area contributed by atoms with E-state index in [-0.39, 0.29) is 12.2 Å². The molecule has 0 aliphatic carbocycles. The first-order valence-corrected chi connectivity index (χ1v) is 12.9. The molecule has 1 amide bonds. The summed E-state index contributed by atoms with van der Waals surface area (Å²) in [7, 11) is 0. The minimum atomic E-state index is -1.01. The molecule has 5 rings (SSSR count). The lowest BCUT2D eigenvalue weighted by Gasteiger charge is -2.41. The number of benzene rings is 2. The Balaban J connectivity index is 1.51. The van der Waals surface area contributed by atoms with Crippen LogP contribution in [0.2, 0.25) is 0 Å². The summed E-state index contributed by atoms with van der Waals surface area (Å²) >= 11 is 0.439. The van der Waals surface area contributed by atoms with Crippen LogP contribution < -0.4 is 9.80 Å². The maximum Gasteiger partial charge on any atom is 0.467 e. The first-order valence-electron chi connectivity index (χ1n) is 12.0. The van der Waals surface area contributed by atoms with Crippen LogP contribution in [0.15, 0.2) is 36.4 Å². The Kier molecular flexibility index (Phi) is 6.65. The number of piperazine rings is 1. The normalized spacial score (nSPS) is 17.6. The molecule has 2 aliphatic rings. The Labute approximate surface area is 213 Å². The summed E-state index contributed by atoms with van der Waals surface area (Å²) in [6.07, 6.45) is -0.156. The van der Waals surface area contributed by atoms with Gasteiger partial charge in [0, 0.05) is 47.0 Å². The number of amides is 1. The fraction of sp³-hybridized carbons (Fsp3) is 0.385. The molecule has 1 N–H and O–H groups in total. The van der Waals surface area contributed by atoms with E-state index in [0.717, 1.165) is 30.0 Å². The van der Waals surface area contributed by atoms with Gasteiger partial charge in [-0.05, 0) is 30.4 Å². The predicted molar refractivity (Wildman–Crippen MR) is 138 cm³/mol. The smallest absolute Gasteiger partial charge is 0.465 e. The lowest BCUT2D eigenvalue weighted by atomic mass is 9.99. The van der Waals surface area contributed by atoms with Crippen molar-refractivity contribution in [2.45, 2.75) is 38.1 Å². The Bertz CT molecular complexity index is 1370. The van der Waals surface area contributed by atoms with Gasteiger partial charge in [0.25, 0.3) is 5.75 Å². The first-order chi connectivity index (χ1) is 17.5. The summed E-state index contributed by atoms with van der Waals surface area (Å²) < 4.78 is 11.4.